The summed E-state index contributed by atoms with van der Waals surface area (Å²) in [6, 6.07) is 5.00. The highest BCUT2D eigenvalue weighted by molar-refractivity contribution is 5.99. The number of carbonyl (C=O) groups excluding carboxylic acids is 3. The van der Waals surface area contributed by atoms with Crippen molar-refractivity contribution in [3.05, 3.63) is 40.2 Å². The van der Waals surface area contributed by atoms with Crippen LogP contribution in [0.4, 0.5) is 10.5 Å². The van der Waals surface area contributed by atoms with E-state index in [-0.39, 0.29) is 11.8 Å². The number of fused-ring (bicyclic) bond motifs is 1. The second-order valence-electron chi connectivity index (χ2n) is 9.01. The summed E-state index contributed by atoms with van der Waals surface area (Å²) in [4.78, 5) is 50.9. The summed E-state index contributed by atoms with van der Waals surface area (Å²) in [5, 5.41) is 6.11. The first-order valence-corrected chi connectivity index (χ1v) is 10.6. The smallest absolute Gasteiger partial charge is 0.408 e. The molecule has 9 nitrogen and oxygen atoms in total. The van der Waals surface area contributed by atoms with Crippen LogP contribution in [0.25, 0.3) is 11.0 Å². The molecular formula is C23H29N3O6. The van der Waals surface area contributed by atoms with Crippen molar-refractivity contribution >= 4 is 34.6 Å². The average Bonchev–Trinajstić information content (AvgIpc) is 3.15. The Morgan fingerprint density at radius 1 is 1.22 bits per heavy atom. The van der Waals surface area contributed by atoms with Crippen LogP contribution in [-0.2, 0) is 14.3 Å². The Morgan fingerprint density at radius 2 is 1.94 bits per heavy atom. The molecule has 2 heterocycles. The van der Waals surface area contributed by atoms with Gasteiger partial charge in [-0.25, -0.2) is 9.59 Å². The molecule has 2 atom stereocenters. The van der Waals surface area contributed by atoms with Gasteiger partial charge in [0, 0.05) is 29.8 Å². The van der Waals surface area contributed by atoms with Crippen molar-refractivity contribution in [3.8, 4) is 0 Å². The summed E-state index contributed by atoms with van der Waals surface area (Å²) in [7, 11) is 0. The van der Waals surface area contributed by atoms with Crippen LogP contribution >= 0.6 is 0 Å². The van der Waals surface area contributed by atoms with Crippen LogP contribution in [0.2, 0.25) is 0 Å². The van der Waals surface area contributed by atoms with Gasteiger partial charge in [-0.15, -0.1) is 0 Å². The van der Waals surface area contributed by atoms with E-state index in [2.05, 4.69) is 10.6 Å². The Morgan fingerprint density at radius 3 is 2.62 bits per heavy atom. The lowest BCUT2D eigenvalue weighted by Gasteiger charge is -2.28. The van der Waals surface area contributed by atoms with Crippen LogP contribution in [0.5, 0.6) is 0 Å². The lowest BCUT2D eigenvalue weighted by atomic mass is 10.1. The zero-order chi connectivity index (χ0) is 23.6. The van der Waals surface area contributed by atoms with Crippen molar-refractivity contribution in [2.45, 2.75) is 65.1 Å². The predicted molar refractivity (Wildman–Crippen MR) is 119 cm³/mol. The molecule has 1 aliphatic heterocycles. The fourth-order valence-corrected chi connectivity index (χ4v) is 3.73. The molecule has 0 aliphatic carbocycles. The van der Waals surface area contributed by atoms with E-state index in [1.54, 1.807) is 45.9 Å². The highest BCUT2D eigenvalue weighted by Crippen LogP contribution is 2.23. The average molecular weight is 444 g/mol. The van der Waals surface area contributed by atoms with Crippen LogP contribution in [0, 0.1) is 6.92 Å². The first-order chi connectivity index (χ1) is 14.9. The molecule has 3 amide bonds. The van der Waals surface area contributed by atoms with Crippen molar-refractivity contribution < 1.29 is 23.5 Å². The van der Waals surface area contributed by atoms with E-state index < -0.39 is 29.4 Å². The van der Waals surface area contributed by atoms with Crippen LogP contribution in [0.15, 0.2) is 33.5 Å². The number of hydrogen-bond acceptors (Lipinski definition) is 6. The second-order valence-corrected chi connectivity index (χ2v) is 9.01. The van der Waals surface area contributed by atoms with Gasteiger partial charge in [0.2, 0.25) is 11.8 Å². The molecule has 0 unspecified atom stereocenters. The molecule has 0 saturated carbocycles. The van der Waals surface area contributed by atoms with Crippen molar-refractivity contribution in [1.29, 1.82) is 0 Å². The Kier molecular flexibility index (Phi) is 6.57. The Balaban J connectivity index is 1.68. The third-order valence-corrected chi connectivity index (χ3v) is 5.16. The predicted octanol–water partition coefficient (Wildman–Crippen LogP) is 2.94. The van der Waals surface area contributed by atoms with Crippen molar-refractivity contribution in [2.24, 2.45) is 0 Å². The molecule has 1 aliphatic rings. The molecule has 2 aromatic rings. The maximum atomic E-state index is 12.9. The zero-order valence-electron chi connectivity index (χ0n) is 19.0. The Hall–Kier alpha value is -3.36. The van der Waals surface area contributed by atoms with Gasteiger partial charge in [-0.3, -0.25) is 9.59 Å². The number of rotatable bonds is 4. The van der Waals surface area contributed by atoms with Gasteiger partial charge in [-0.1, -0.05) is 0 Å². The van der Waals surface area contributed by atoms with Gasteiger partial charge in [-0.05, 0) is 65.2 Å². The third-order valence-electron chi connectivity index (χ3n) is 5.16. The minimum Gasteiger partial charge on any atom is -0.444 e. The number of ether oxygens (including phenoxy) is 1. The number of alkyl carbamates (subject to hydrolysis) is 1. The summed E-state index contributed by atoms with van der Waals surface area (Å²) in [5.74, 6) is -0.691. The van der Waals surface area contributed by atoms with Gasteiger partial charge in [0.1, 0.15) is 23.3 Å². The summed E-state index contributed by atoms with van der Waals surface area (Å²) < 4.78 is 10.4. The number of benzene rings is 1. The van der Waals surface area contributed by atoms with Crippen molar-refractivity contribution in [1.82, 2.24) is 10.2 Å². The largest absolute Gasteiger partial charge is 0.444 e. The van der Waals surface area contributed by atoms with E-state index in [0.29, 0.717) is 30.7 Å². The maximum absolute atomic E-state index is 12.9. The molecule has 1 aromatic carbocycles. The SMILES string of the molecule is Cc1cc(=O)oc2cc(NC(=O)[C@@H]3CCCN3C(=O)[C@@H](C)NC(=O)OC(C)(C)C)ccc12. The van der Waals surface area contributed by atoms with Gasteiger partial charge in [-0.2, -0.15) is 0 Å². The molecule has 0 spiro atoms. The monoisotopic (exact) mass is 443 g/mol. The fraction of sp³-hybridized carbons (Fsp3) is 0.478. The number of carbonyl (C=O) groups is 3. The lowest BCUT2D eigenvalue weighted by molar-refractivity contribution is -0.138. The maximum Gasteiger partial charge on any atom is 0.408 e. The number of aryl methyl sites for hydroxylation is 1. The number of nitrogens with one attached hydrogen (secondary N) is 2. The van der Waals surface area contributed by atoms with E-state index in [9.17, 15) is 19.2 Å². The van der Waals surface area contributed by atoms with E-state index in [1.165, 1.54) is 11.0 Å². The molecule has 0 radical (unpaired) electrons. The van der Waals surface area contributed by atoms with Crippen molar-refractivity contribution in [2.75, 3.05) is 11.9 Å². The van der Waals surface area contributed by atoms with E-state index in [1.807, 2.05) is 6.92 Å². The Labute approximate surface area is 186 Å². The fourth-order valence-electron chi connectivity index (χ4n) is 3.73. The van der Waals surface area contributed by atoms with Gasteiger partial charge >= 0.3 is 11.7 Å². The van der Waals surface area contributed by atoms with Crippen LogP contribution in [-0.4, -0.2) is 47.0 Å². The number of amides is 3. The topological polar surface area (TPSA) is 118 Å². The van der Waals surface area contributed by atoms with Gasteiger partial charge < -0.3 is 24.7 Å². The van der Waals surface area contributed by atoms with Gasteiger partial charge in [0.05, 0.1) is 0 Å². The molecule has 0 bridgehead atoms. The van der Waals surface area contributed by atoms with E-state index in [4.69, 9.17) is 9.15 Å². The molecule has 9 heteroatoms. The van der Waals surface area contributed by atoms with Gasteiger partial charge in [0.15, 0.2) is 0 Å². The normalized spacial score (nSPS) is 17.2. The number of nitrogens with zero attached hydrogens (tertiary/aromatic N) is 1. The lowest BCUT2D eigenvalue weighted by Crippen LogP contribution is -2.52. The molecule has 32 heavy (non-hydrogen) atoms. The molecular weight excluding hydrogens is 414 g/mol. The summed E-state index contributed by atoms with van der Waals surface area (Å²) >= 11 is 0. The van der Waals surface area contributed by atoms with E-state index in [0.717, 1.165) is 10.9 Å². The first-order valence-electron chi connectivity index (χ1n) is 10.6. The van der Waals surface area contributed by atoms with Crippen LogP contribution in [0.1, 0.15) is 46.1 Å². The molecule has 1 fully saturated rings. The van der Waals surface area contributed by atoms with E-state index >= 15 is 0 Å². The summed E-state index contributed by atoms with van der Waals surface area (Å²) in [5.41, 5.74) is 0.490. The zero-order valence-corrected chi connectivity index (χ0v) is 19.0. The van der Waals surface area contributed by atoms with Gasteiger partial charge in [0.25, 0.3) is 0 Å². The van der Waals surface area contributed by atoms with Crippen LogP contribution < -0.4 is 16.3 Å². The summed E-state index contributed by atoms with van der Waals surface area (Å²) in [6.07, 6.45) is 0.499. The molecule has 1 saturated heterocycles. The number of hydrogen-bond donors (Lipinski definition) is 2. The standard InChI is InChI=1S/C23H29N3O6/c1-13-11-19(27)31-18-12-15(8-9-16(13)18)25-20(28)17-7-6-10-26(17)21(29)14(2)24-22(30)32-23(3,4)5/h8-9,11-12,14,17H,6-7,10H2,1-5H3,(H,24,30)(H,25,28)/t14-,17+/m1/s1. The highest BCUT2D eigenvalue weighted by atomic mass is 16.6. The first kappa shape index (κ1) is 23.3. The number of likely N-dealkylation sites (tertiary alicyclic amines) is 1. The molecule has 1 aromatic heterocycles. The Bertz CT molecular complexity index is 1100. The minimum absolute atomic E-state index is 0.338. The van der Waals surface area contributed by atoms with Crippen molar-refractivity contribution in [3.63, 3.8) is 0 Å². The second kappa shape index (κ2) is 9.02. The molecule has 3 rings (SSSR count). The minimum atomic E-state index is -0.837. The highest BCUT2D eigenvalue weighted by Gasteiger charge is 2.36. The quantitative estimate of drug-likeness (QED) is 0.702. The number of anilines is 1. The molecule has 172 valence electrons. The third kappa shape index (κ3) is 5.46. The summed E-state index contributed by atoms with van der Waals surface area (Å²) in [6.45, 7) is 9.00. The molecule has 2 N–H and O–H groups in total. The van der Waals surface area contributed by atoms with Crippen LogP contribution in [0.3, 0.4) is 0 Å².